The maximum absolute atomic E-state index is 13.5. The first-order chi connectivity index (χ1) is 7.20. The lowest BCUT2D eigenvalue weighted by Crippen LogP contribution is -1.89. The number of benzene rings is 1. The van der Waals surface area contributed by atoms with E-state index >= 15 is 0 Å². The molecule has 0 saturated heterocycles. The average molecular weight is 209 g/mol. The minimum atomic E-state index is -0.502. The number of aromatic nitrogens is 2. The van der Waals surface area contributed by atoms with Crippen LogP contribution >= 0.6 is 0 Å². The Balaban J connectivity index is 2.45. The van der Waals surface area contributed by atoms with Gasteiger partial charge in [0.25, 0.3) is 11.8 Å². The molecule has 1 aromatic carbocycles. The lowest BCUT2D eigenvalue weighted by Gasteiger charge is -2.01. The van der Waals surface area contributed by atoms with Gasteiger partial charge in [0.05, 0.1) is 12.7 Å². The van der Waals surface area contributed by atoms with Crippen LogP contribution in [0.2, 0.25) is 0 Å². The highest BCUT2D eigenvalue weighted by Gasteiger charge is 2.12. The van der Waals surface area contributed by atoms with Crippen LogP contribution in [0.25, 0.3) is 11.5 Å². The summed E-state index contributed by atoms with van der Waals surface area (Å²) in [4.78, 5) is 3.72. The molecule has 5 nitrogen and oxygen atoms in total. The monoisotopic (exact) mass is 209 g/mol. The fraction of sp³-hybridized carbons (Fsp3) is 0.111. The Morgan fingerprint density at radius 2 is 2.27 bits per heavy atom. The van der Waals surface area contributed by atoms with Gasteiger partial charge in [-0.25, -0.2) is 4.39 Å². The molecule has 0 aliphatic rings. The van der Waals surface area contributed by atoms with Crippen LogP contribution in [0.4, 0.5) is 10.3 Å². The molecule has 2 aromatic rings. The van der Waals surface area contributed by atoms with E-state index in [-0.39, 0.29) is 17.4 Å². The van der Waals surface area contributed by atoms with E-state index in [1.54, 1.807) is 6.07 Å². The molecule has 1 aromatic heterocycles. The second-order valence-electron chi connectivity index (χ2n) is 2.80. The first kappa shape index (κ1) is 9.45. The molecule has 6 heteroatoms. The summed E-state index contributed by atoms with van der Waals surface area (Å²) >= 11 is 0. The summed E-state index contributed by atoms with van der Waals surface area (Å²) in [7, 11) is 1.46. The van der Waals surface area contributed by atoms with Crippen LogP contribution in [0.15, 0.2) is 22.7 Å². The van der Waals surface area contributed by atoms with Gasteiger partial charge in [-0.3, -0.25) is 0 Å². The Labute approximate surface area is 84.7 Å². The SMILES string of the molecule is COc1ccc(-c2nc(N)no2)c(F)c1. The first-order valence-electron chi connectivity index (χ1n) is 4.14. The van der Waals surface area contributed by atoms with Gasteiger partial charge in [0.2, 0.25) is 0 Å². The predicted octanol–water partition coefficient (Wildman–Crippen LogP) is 1.47. The molecule has 0 aliphatic heterocycles. The van der Waals surface area contributed by atoms with Crippen LogP contribution < -0.4 is 10.5 Å². The number of methoxy groups -OCH3 is 1. The van der Waals surface area contributed by atoms with Crippen molar-refractivity contribution in [3.63, 3.8) is 0 Å². The molecule has 0 spiro atoms. The summed E-state index contributed by atoms with van der Waals surface area (Å²) in [5.41, 5.74) is 5.45. The van der Waals surface area contributed by atoms with Crippen molar-refractivity contribution >= 4 is 5.95 Å². The van der Waals surface area contributed by atoms with E-state index in [4.69, 9.17) is 15.0 Å². The van der Waals surface area contributed by atoms with Crippen molar-refractivity contribution in [1.82, 2.24) is 10.1 Å². The standard InChI is InChI=1S/C9H8FN3O2/c1-14-5-2-3-6(7(10)4-5)8-12-9(11)13-15-8/h2-4H,1H3,(H2,11,13). The van der Waals surface area contributed by atoms with Gasteiger partial charge in [0, 0.05) is 6.07 Å². The quantitative estimate of drug-likeness (QED) is 0.810. The number of nitrogens with two attached hydrogens (primary N) is 1. The molecule has 0 aliphatic carbocycles. The molecule has 15 heavy (non-hydrogen) atoms. The Hall–Kier alpha value is -2.11. The molecular formula is C9H8FN3O2. The molecule has 0 amide bonds. The van der Waals surface area contributed by atoms with Crippen molar-refractivity contribution in [3.8, 4) is 17.2 Å². The van der Waals surface area contributed by atoms with Gasteiger partial charge in [-0.2, -0.15) is 4.98 Å². The Kier molecular flexibility index (Phi) is 2.24. The maximum atomic E-state index is 13.5. The lowest BCUT2D eigenvalue weighted by molar-refractivity contribution is 0.410. The van der Waals surface area contributed by atoms with Crippen molar-refractivity contribution < 1.29 is 13.7 Å². The van der Waals surface area contributed by atoms with Gasteiger partial charge in [0.15, 0.2) is 0 Å². The zero-order valence-electron chi connectivity index (χ0n) is 7.90. The summed E-state index contributed by atoms with van der Waals surface area (Å²) in [6.07, 6.45) is 0. The number of hydrogen-bond acceptors (Lipinski definition) is 5. The number of nitrogens with zero attached hydrogens (tertiary/aromatic N) is 2. The summed E-state index contributed by atoms with van der Waals surface area (Å²) in [6, 6.07) is 4.32. The highest BCUT2D eigenvalue weighted by Crippen LogP contribution is 2.24. The van der Waals surface area contributed by atoms with E-state index in [1.165, 1.54) is 19.2 Å². The molecule has 0 unspecified atom stereocenters. The van der Waals surface area contributed by atoms with E-state index in [0.29, 0.717) is 5.75 Å². The summed E-state index contributed by atoms with van der Waals surface area (Å²) < 4.78 is 23.1. The molecule has 0 atom stereocenters. The second kappa shape index (κ2) is 3.56. The zero-order chi connectivity index (χ0) is 10.8. The summed E-state index contributed by atoms with van der Waals surface area (Å²) in [5.74, 6) is -0.0605. The Morgan fingerprint density at radius 3 is 2.80 bits per heavy atom. The van der Waals surface area contributed by atoms with Crippen LogP contribution in [0, 0.1) is 5.82 Å². The molecule has 0 fully saturated rings. The fourth-order valence-electron chi connectivity index (χ4n) is 1.14. The van der Waals surface area contributed by atoms with Crippen LogP contribution in [0.5, 0.6) is 5.75 Å². The molecular weight excluding hydrogens is 201 g/mol. The summed E-state index contributed by atoms with van der Waals surface area (Å²) in [6.45, 7) is 0. The van der Waals surface area contributed by atoms with Crippen molar-refractivity contribution in [2.24, 2.45) is 0 Å². The fourth-order valence-corrected chi connectivity index (χ4v) is 1.14. The van der Waals surface area contributed by atoms with Crippen LogP contribution in [-0.2, 0) is 0 Å². The third kappa shape index (κ3) is 1.74. The normalized spacial score (nSPS) is 10.3. The van der Waals surface area contributed by atoms with Crippen LogP contribution in [-0.4, -0.2) is 17.3 Å². The largest absolute Gasteiger partial charge is 0.497 e. The van der Waals surface area contributed by atoms with Gasteiger partial charge in [-0.1, -0.05) is 0 Å². The number of nitrogen functional groups attached to an aromatic ring is 1. The Bertz CT molecular complexity index is 484. The van der Waals surface area contributed by atoms with Gasteiger partial charge in [-0.05, 0) is 17.3 Å². The van der Waals surface area contributed by atoms with Crippen molar-refractivity contribution in [3.05, 3.63) is 24.0 Å². The third-order valence-electron chi connectivity index (χ3n) is 1.85. The van der Waals surface area contributed by atoms with E-state index in [9.17, 15) is 4.39 Å². The molecule has 78 valence electrons. The van der Waals surface area contributed by atoms with Gasteiger partial charge in [0.1, 0.15) is 11.6 Å². The Morgan fingerprint density at radius 1 is 1.47 bits per heavy atom. The number of halogens is 1. The molecule has 2 rings (SSSR count). The summed E-state index contributed by atoms with van der Waals surface area (Å²) in [5, 5.41) is 3.37. The van der Waals surface area contributed by atoms with Crippen molar-refractivity contribution in [2.45, 2.75) is 0 Å². The molecule has 1 heterocycles. The number of rotatable bonds is 2. The first-order valence-corrected chi connectivity index (χ1v) is 4.14. The molecule has 0 saturated carbocycles. The number of ether oxygens (including phenoxy) is 1. The van der Waals surface area contributed by atoms with Gasteiger partial charge in [-0.15, -0.1) is 0 Å². The van der Waals surface area contributed by atoms with Crippen molar-refractivity contribution in [2.75, 3.05) is 12.8 Å². The van der Waals surface area contributed by atoms with Crippen LogP contribution in [0.1, 0.15) is 0 Å². The van der Waals surface area contributed by atoms with E-state index in [1.807, 2.05) is 0 Å². The van der Waals surface area contributed by atoms with Gasteiger partial charge >= 0.3 is 0 Å². The van der Waals surface area contributed by atoms with E-state index < -0.39 is 5.82 Å². The smallest absolute Gasteiger partial charge is 0.262 e. The topological polar surface area (TPSA) is 74.2 Å². The minimum absolute atomic E-state index is 0.0276. The third-order valence-corrected chi connectivity index (χ3v) is 1.85. The second-order valence-corrected chi connectivity index (χ2v) is 2.80. The van der Waals surface area contributed by atoms with Gasteiger partial charge < -0.3 is 15.0 Å². The molecule has 2 N–H and O–H groups in total. The maximum Gasteiger partial charge on any atom is 0.262 e. The zero-order valence-corrected chi connectivity index (χ0v) is 7.90. The van der Waals surface area contributed by atoms with Crippen molar-refractivity contribution in [1.29, 1.82) is 0 Å². The average Bonchev–Trinajstić information content (AvgIpc) is 2.64. The predicted molar refractivity (Wildman–Crippen MR) is 50.7 cm³/mol. The van der Waals surface area contributed by atoms with E-state index in [2.05, 4.69) is 10.1 Å². The highest BCUT2D eigenvalue weighted by molar-refractivity contribution is 5.56. The van der Waals surface area contributed by atoms with E-state index in [0.717, 1.165) is 0 Å². The molecule has 0 bridgehead atoms. The molecule has 0 radical (unpaired) electrons. The number of anilines is 1. The van der Waals surface area contributed by atoms with Crippen LogP contribution in [0.3, 0.4) is 0 Å². The highest BCUT2D eigenvalue weighted by atomic mass is 19.1. The minimum Gasteiger partial charge on any atom is -0.497 e. The number of hydrogen-bond donors (Lipinski definition) is 1. The lowest BCUT2D eigenvalue weighted by atomic mass is 10.2.